The van der Waals surface area contributed by atoms with Crippen LogP contribution in [0.25, 0.3) is 0 Å². The molecular formula is C18H18N2O3. The van der Waals surface area contributed by atoms with E-state index >= 15 is 0 Å². The quantitative estimate of drug-likeness (QED) is 0.889. The van der Waals surface area contributed by atoms with Crippen LogP contribution in [0.4, 0.5) is 5.69 Å². The summed E-state index contributed by atoms with van der Waals surface area (Å²) in [5.41, 5.74) is 2.82. The fourth-order valence-corrected chi connectivity index (χ4v) is 2.00. The Kier molecular flexibility index (Phi) is 5.34. The Morgan fingerprint density at radius 1 is 1.30 bits per heavy atom. The third-order valence-electron chi connectivity index (χ3n) is 3.41. The van der Waals surface area contributed by atoms with Crippen molar-refractivity contribution in [2.45, 2.75) is 26.6 Å². The highest BCUT2D eigenvalue weighted by molar-refractivity contribution is 5.94. The van der Waals surface area contributed by atoms with Gasteiger partial charge in [0.05, 0.1) is 18.2 Å². The number of rotatable bonds is 5. The van der Waals surface area contributed by atoms with Crippen molar-refractivity contribution in [2.24, 2.45) is 0 Å². The normalized spacial score (nSPS) is 11.4. The van der Waals surface area contributed by atoms with Crippen molar-refractivity contribution in [3.05, 3.63) is 59.2 Å². The monoisotopic (exact) mass is 310 g/mol. The zero-order valence-electron chi connectivity index (χ0n) is 13.0. The van der Waals surface area contributed by atoms with Gasteiger partial charge in [-0.15, -0.1) is 0 Å². The molecule has 2 aromatic rings. The molecule has 0 heterocycles. The fourth-order valence-electron chi connectivity index (χ4n) is 2.00. The number of carbonyl (C=O) groups is 1. The van der Waals surface area contributed by atoms with E-state index in [2.05, 4.69) is 5.32 Å². The van der Waals surface area contributed by atoms with Crippen LogP contribution in [0, 0.1) is 18.3 Å². The van der Waals surface area contributed by atoms with Crippen molar-refractivity contribution < 1.29 is 14.6 Å². The molecule has 1 atom stereocenters. The maximum Gasteiger partial charge on any atom is 0.265 e. The minimum Gasteiger partial charge on any atom is -0.481 e. The number of hydrogen-bond acceptors (Lipinski definition) is 4. The third-order valence-corrected chi connectivity index (χ3v) is 3.41. The number of aryl methyl sites for hydroxylation is 1. The molecule has 0 bridgehead atoms. The van der Waals surface area contributed by atoms with E-state index in [1.807, 2.05) is 25.1 Å². The van der Waals surface area contributed by atoms with Crippen LogP contribution in [-0.4, -0.2) is 17.1 Å². The molecule has 0 aromatic heterocycles. The first kappa shape index (κ1) is 16.5. The van der Waals surface area contributed by atoms with Crippen LogP contribution in [0.1, 0.15) is 23.6 Å². The van der Waals surface area contributed by atoms with Crippen molar-refractivity contribution in [2.75, 3.05) is 5.32 Å². The average molecular weight is 310 g/mol. The number of amides is 1. The Labute approximate surface area is 135 Å². The second kappa shape index (κ2) is 7.43. The number of nitrogens with zero attached hydrogens (tertiary/aromatic N) is 1. The van der Waals surface area contributed by atoms with Crippen LogP contribution >= 0.6 is 0 Å². The lowest BCUT2D eigenvalue weighted by Crippen LogP contribution is -2.30. The van der Waals surface area contributed by atoms with E-state index in [9.17, 15) is 9.90 Å². The van der Waals surface area contributed by atoms with Gasteiger partial charge in [-0.2, -0.15) is 5.26 Å². The van der Waals surface area contributed by atoms with Gasteiger partial charge in [0.1, 0.15) is 5.75 Å². The zero-order valence-corrected chi connectivity index (χ0v) is 13.0. The van der Waals surface area contributed by atoms with E-state index in [0.717, 1.165) is 11.1 Å². The molecular weight excluding hydrogens is 292 g/mol. The molecule has 0 saturated heterocycles. The highest BCUT2D eigenvalue weighted by atomic mass is 16.5. The van der Waals surface area contributed by atoms with Crippen LogP contribution in [0.2, 0.25) is 0 Å². The van der Waals surface area contributed by atoms with Crippen molar-refractivity contribution in [3.8, 4) is 11.8 Å². The predicted octanol–water partition coefficient (Wildman–Crippen LogP) is 2.77. The van der Waals surface area contributed by atoms with Gasteiger partial charge >= 0.3 is 0 Å². The van der Waals surface area contributed by atoms with Crippen molar-refractivity contribution in [1.29, 1.82) is 5.26 Å². The van der Waals surface area contributed by atoms with E-state index in [-0.39, 0.29) is 12.5 Å². The van der Waals surface area contributed by atoms with Gasteiger partial charge in [0.2, 0.25) is 0 Å². The lowest BCUT2D eigenvalue weighted by Gasteiger charge is -2.16. The molecule has 1 unspecified atom stereocenters. The molecule has 2 aromatic carbocycles. The molecule has 0 saturated carbocycles. The SMILES string of the molecule is Cc1ccc(CO)cc1NC(=O)C(C)Oc1ccc(C#N)cc1. The third kappa shape index (κ3) is 4.31. The number of aliphatic hydroxyl groups is 1. The summed E-state index contributed by atoms with van der Waals surface area (Å²) >= 11 is 0. The number of benzene rings is 2. The maximum atomic E-state index is 12.2. The molecule has 0 fully saturated rings. The summed E-state index contributed by atoms with van der Waals surface area (Å²) in [4.78, 5) is 12.2. The van der Waals surface area contributed by atoms with Gasteiger partial charge in [0.25, 0.3) is 5.91 Å². The fraction of sp³-hybridized carbons (Fsp3) is 0.222. The predicted molar refractivity (Wildman–Crippen MR) is 87.0 cm³/mol. The summed E-state index contributed by atoms with van der Waals surface area (Å²) in [6, 6.07) is 14.0. The second-order valence-electron chi connectivity index (χ2n) is 5.19. The first-order chi connectivity index (χ1) is 11.0. The number of hydrogen-bond donors (Lipinski definition) is 2. The Bertz CT molecular complexity index is 733. The minimum absolute atomic E-state index is 0.0829. The molecule has 1 amide bonds. The molecule has 5 heteroatoms. The largest absolute Gasteiger partial charge is 0.481 e. The Hall–Kier alpha value is -2.84. The number of nitriles is 1. The standard InChI is InChI=1S/C18H18N2O3/c1-12-3-4-15(11-21)9-17(12)20-18(22)13(2)23-16-7-5-14(10-19)6-8-16/h3-9,13,21H,11H2,1-2H3,(H,20,22). The Balaban J connectivity index is 2.03. The molecule has 0 aliphatic heterocycles. The molecule has 23 heavy (non-hydrogen) atoms. The van der Waals surface area contributed by atoms with Gasteiger partial charge < -0.3 is 15.2 Å². The van der Waals surface area contributed by atoms with E-state index < -0.39 is 6.10 Å². The first-order valence-corrected chi connectivity index (χ1v) is 7.21. The molecule has 2 N–H and O–H groups in total. The zero-order chi connectivity index (χ0) is 16.8. The number of anilines is 1. The molecule has 5 nitrogen and oxygen atoms in total. The molecule has 0 aliphatic carbocycles. The highest BCUT2D eigenvalue weighted by Crippen LogP contribution is 2.18. The highest BCUT2D eigenvalue weighted by Gasteiger charge is 2.16. The number of ether oxygens (including phenoxy) is 1. The van der Waals surface area contributed by atoms with Crippen LogP contribution in [0.3, 0.4) is 0 Å². The van der Waals surface area contributed by atoms with Crippen LogP contribution in [0.5, 0.6) is 5.75 Å². The van der Waals surface area contributed by atoms with Gasteiger partial charge in [-0.25, -0.2) is 0 Å². The van der Waals surface area contributed by atoms with E-state index in [4.69, 9.17) is 10.00 Å². The van der Waals surface area contributed by atoms with E-state index in [0.29, 0.717) is 17.0 Å². The van der Waals surface area contributed by atoms with Gasteiger partial charge in [-0.05, 0) is 55.3 Å². The molecule has 0 radical (unpaired) electrons. The summed E-state index contributed by atoms with van der Waals surface area (Å²) < 4.78 is 5.57. The molecule has 0 spiro atoms. The van der Waals surface area contributed by atoms with Gasteiger partial charge in [0.15, 0.2) is 6.10 Å². The second-order valence-corrected chi connectivity index (χ2v) is 5.19. The summed E-state index contributed by atoms with van der Waals surface area (Å²) in [6.45, 7) is 3.45. The first-order valence-electron chi connectivity index (χ1n) is 7.21. The van der Waals surface area contributed by atoms with E-state index in [1.165, 1.54) is 0 Å². The van der Waals surface area contributed by atoms with E-state index in [1.54, 1.807) is 37.3 Å². The number of aliphatic hydroxyl groups excluding tert-OH is 1. The molecule has 118 valence electrons. The summed E-state index contributed by atoms with van der Waals surface area (Å²) in [5, 5.41) is 20.7. The molecule has 0 aliphatic rings. The smallest absolute Gasteiger partial charge is 0.265 e. The average Bonchev–Trinajstić information content (AvgIpc) is 2.57. The van der Waals surface area contributed by atoms with Crippen molar-refractivity contribution in [3.63, 3.8) is 0 Å². The molecule has 2 rings (SSSR count). The Morgan fingerprint density at radius 3 is 2.61 bits per heavy atom. The topological polar surface area (TPSA) is 82.3 Å². The van der Waals surface area contributed by atoms with Gasteiger partial charge in [0, 0.05) is 5.69 Å². The van der Waals surface area contributed by atoms with Crippen LogP contribution in [-0.2, 0) is 11.4 Å². The van der Waals surface area contributed by atoms with Crippen molar-refractivity contribution in [1.82, 2.24) is 0 Å². The lowest BCUT2D eigenvalue weighted by atomic mass is 10.1. The number of nitrogens with one attached hydrogen (secondary N) is 1. The maximum absolute atomic E-state index is 12.2. The number of carbonyl (C=O) groups excluding carboxylic acids is 1. The van der Waals surface area contributed by atoms with Gasteiger partial charge in [-0.3, -0.25) is 4.79 Å². The summed E-state index contributed by atoms with van der Waals surface area (Å²) in [7, 11) is 0. The van der Waals surface area contributed by atoms with Crippen LogP contribution < -0.4 is 10.1 Å². The van der Waals surface area contributed by atoms with Crippen LogP contribution in [0.15, 0.2) is 42.5 Å². The summed E-state index contributed by atoms with van der Waals surface area (Å²) in [5.74, 6) is 0.236. The minimum atomic E-state index is -0.694. The Morgan fingerprint density at radius 2 is 2.00 bits per heavy atom. The summed E-state index contributed by atoms with van der Waals surface area (Å²) in [6.07, 6.45) is -0.694. The van der Waals surface area contributed by atoms with Gasteiger partial charge in [-0.1, -0.05) is 12.1 Å². The lowest BCUT2D eigenvalue weighted by molar-refractivity contribution is -0.122. The van der Waals surface area contributed by atoms with Crippen molar-refractivity contribution >= 4 is 11.6 Å².